The molecule has 1 aromatic carbocycles. The lowest BCUT2D eigenvalue weighted by atomic mass is 10.1. The second kappa shape index (κ2) is 7.46. The summed E-state index contributed by atoms with van der Waals surface area (Å²) >= 11 is 0. The second-order valence-electron chi connectivity index (χ2n) is 5.18. The second-order valence-corrected chi connectivity index (χ2v) is 5.18. The molecule has 2 rings (SSSR count). The number of rotatable bonds is 2. The van der Waals surface area contributed by atoms with E-state index in [1.165, 1.54) is 4.90 Å². The highest BCUT2D eigenvalue weighted by molar-refractivity contribution is 5.94. The fourth-order valence-electron chi connectivity index (χ4n) is 2.26. The molecule has 2 unspecified atom stereocenters. The molecule has 4 nitrogen and oxygen atoms in total. The number of benzene rings is 1. The molecule has 130 valence electrons. The van der Waals surface area contributed by atoms with E-state index >= 15 is 0 Å². The topological polar surface area (TPSA) is 55.6 Å². The van der Waals surface area contributed by atoms with Crippen molar-refractivity contribution >= 4 is 18.3 Å². The third-order valence-corrected chi connectivity index (χ3v) is 3.50. The van der Waals surface area contributed by atoms with Gasteiger partial charge in [0.2, 0.25) is 0 Å². The van der Waals surface area contributed by atoms with E-state index in [-0.39, 0.29) is 38.1 Å². The number of alkyl halides is 3. The van der Waals surface area contributed by atoms with Crippen LogP contribution < -0.4 is 5.73 Å². The zero-order valence-electron chi connectivity index (χ0n) is 12.3. The molecule has 2 atom stereocenters. The summed E-state index contributed by atoms with van der Waals surface area (Å²) in [5, 5.41) is 0. The van der Waals surface area contributed by atoms with Crippen LogP contribution in [0.15, 0.2) is 18.2 Å². The average Bonchev–Trinajstić information content (AvgIpc) is 2.45. The highest BCUT2D eigenvalue weighted by atomic mass is 35.5. The van der Waals surface area contributed by atoms with Gasteiger partial charge < -0.3 is 15.4 Å². The van der Waals surface area contributed by atoms with Gasteiger partial charge in [-0.25, -0.2) is 4.39 Å². The van der Waals surface area contributed by atoms with Gasteiger partial charge in [-0.05, 0) is 19.1 Å². The summed E-state index contributed by atoms with van der Waals surface area (Å²) in [4.78, 5) is 13.6. The minimum atomic E-state index is -4.85. The largest absolute Gasteiger partial charge is 0.419 e. The van der Waals surface area contributed by atoms with Crippen molar-refractivity contribution in [1.29, 1.82) is 0 Å². The van der Waals surface area contributed by atoms with Gasteiger partial charge in [-0.1, -0.05) is 6.07 Å². The van der Waals surface area contributed by atoms with E-state index < -0.39 is 35.1 Å². The molecule has 9 heteroatoms. The first kappa shape index (κ1) is 19.7. The van der Waals surface area contributed by atoms with Crippen LogP contribution in [0.4, 0.5) is 17.6 Å². The molecule has 0 radical (unpaired) electrons. The molecule has 0 aliphatic carbocycles. The fraction of sp³-hybridized carbons (Fsp3) is 0.500. The molecule has 0 bridgehead atoms. The summed E-state index contributed by atoms with van der Waals surface area (Å²) in [6.07, 6.45) is -5.27. The number of carbonyl (C=O) groups is 1. The number of halogens is 5. The molecule has 1 aromatic rings. The minimum Gasteiger partial charge on any atom is -0.373 e. The molecule has 1 aliphatic rings. The van der Waals surface area contributed by atoms with Crippen LogP contribution in [0.3, 0.4) is 0 Å². The normalized spacial score (nSPS) is 19.9. The lowest BCUT2D eigenvalue weighted by Gasteiger charge is -2.34. The van der Waals surface area contributed by atoms with Gasteiger partial charge in [-0.3, -0.25) is 4.79 Å². The van der Waals surface area contributed by atoms with Crippen LogP contribution >= 0.6 is 12.4 Å². The number of hydrogen-bond acceptors (Lipinski definition) is 3. The summed E-state index contributed by atoms with van der Waals surface area (Å²) in [7, 11) is 0. The van der Waals surface area contributed by atoms with Crippen molar-refractivity contribution in [2.75, 3.05) is 19.7 Å². The van der Waals surface area contributed by atoms with Crippen LogP contribution in [0.5, 0.6) is 0 Å². The maximum absolute atomic E-state index is 14.0. The third kappa shape index (κ3) is 4.33. The Labute approximate surface area is 137 Å². The molecule has 0 spiro atoms. The molecule has 1 saturated heterocycles. The van der Waals surface area contributed by atoms with Crippen molar-refractivity contribution in [3.05, 3.63) is 35.1 Å². The van der Waals surface area contributed by atoms with Crippen molar-refractivity contribution in [1.82, 2.24) is 4.90 Å². The lowest BCUT2D eigenvalue weighted by molar-refractivity contribution is -0.140. The van der Waals surface area contributed by atoms with Gasteiger partial charge in [0.25, 0.3) is 5.91 Å². The zero-order valence-corrected chi connectivity index (χ0v) is 13.1. The van der Waals surface area contributed by atoms with E-state index in [2.05, 4.69) is 0 Å². The van der Waals surface area contributed by atoms with E-state index in [0.29, 0.717) is 6.07 Å². The number of amides is 1. The Kier molecular flexibility index (Phi) is 6.38. The van der Waals surface area contributed by atoms with Crippen molar-refractivity contribution in [2.24, 2.45) is 5.73 Å². The zero-order chi connectivity index (χ0) is 16.5. The van der Waals surface area contributed by atoms with Crippen molar-refractivity contribution < 1.29 is 27.1 Å². The first-order chi connectivity index (χ1) is 10.2. The number of ether oxygens (including phenoxy) is 1. The summed E-state index contributed by atoms with van der Waals surface area (Å²) in [5.74, 6) is -2.35. The Morgan fingerprint density at radius 1 is 1.43 bits per heavy atom. The first-order valence-electron chi connectivity index (χ1n) is 6.74. The summed E-state index contributed by atoms with van der Waals surface area (Å²) in [6.45, 7) is 2.20. The quantitative estimate of drug-likeness (QED) is 0.828. The molecular formula is C14H17ClF4N2O2. The first-order valence-corrected chi connectivity index (χ1v) is 6.74. The SMILES string of the molecule is CC(N)C1CN(C(=O)c2cccc(C(F)(F)F)c2F)CCO1.Cl. The molecule has 1 heterocycles. The molecule has 1 amide bonds. The molecule has 1 aliphatic heterocycles. The molecule has 1 fully saturated rings. The Morgan fingerprint density at radius 3 is 2.65 bits per heavy atom. The van der Waals surface area contributed by atoms with Crippen LogP contribution in [0.1, 0.15) is 22.8 Å². The highest BCUT2D eigenvalue weighted by Gasteiger charge is 2.37. The monoisotopic (exact) mass is 356 g/mol. The molecule has 0 aromatic heterocycles. The number of hydrogen-bond donors (Lipinski definition) is 1. The van der Waals surface area contributed by atoms with Gasteiger partial charge in [0.05, 0.1) is 23.8 Å². The number of nitrogens with two attached hydrogens (primary N) is 1. The standard InChI is InChI=1S/C14H16F4N2O2.ClH/c1-8(19)11-7-20(5-6-22-11)13(21)9-3-2-4-10(12(9)15)14(16,17)18;/h2-4,8,11H,5-7,19H2,1H3;1H. The van der Waals surface area contributed by atoms with E-state index in [9.17, 15) is 22.4 Å². The number of carbonyl (C=O) groups excluding carboxylic acids is 1. The van der Waals surface area contributed by atoms with Crippen molar-refractivity contribution in [3.63, 3.8) is 0 Å². The van der Waals surface area contributed by atoms with E-state index in [1.807, 2.05) is 0 Å². The summed E-state index contributed by atoms with van der Waals surface area (Å²) < 4.78 is 57.5. The predicted molar refractivity (Wildman–Crippen MR) is 77.9 cm³/mol. The Balaban J connectivity index is 0.00000264. The van der Waals surface area contributed by atoms with Crippen LogP contribution in [0.25, 0.3) is 0 Å². The van der Waals surface area contributed by atoms with Crippen LogP contribution in [-0.4, -0.2) is 42.6 Å². The fourth-order valence-corrected chi connectivity index (χ4v) is 2.26. The summed E-state index contributed by atoms with van der Waals surface area (Å²) in [6, 6.07) is 2.32. The van der Waals surface area contributed by atoms with Crippen LogP contribution in [0, 0.1) is 5.82 Å². The van der Waals surface area contributed by atoms with Gasteiger partial charge in [0.15, 0.2) is 0 Å². The highest BCUT2D eigenvalue weighted by Crippen LogP contribution is 2.32. The van der Waals surface area contributed by atoms with Crippen LogP contribution in [-0.2, 0) is 10.9 Å². The third-order valence-electron chi connectivity index (χ3n) is 3.50. The maximum Gasteiger partial charge on any atom is 0.419 e. The van der Waals surface area contributed by atoms with Gasteiger partial charge in [0.1, 0.15) is 5.82 Å². The molecule has 23 heavy (non-hydrogen) atoms. The number of morpholine rings is 1. The van der Waals surface area contributed by atoms with E-state index in [0.717, 1.165) is 12.1 Å². The van der Waals surface area contributed by atoms with Gasteiger partial charge in [-0.2, -0.15) is 13.2 Å². The molecule has 2 N–H and O–H groups in total. The smallest absolute Gasteiger partial charge is 0.373 e. The average molecular weight is 357 g/mol. The lowest BCUT2D eigenvalue weighted by Crippen LogP contribution is -2.51. The summed E-state index contributed by atoms with van der Waals surface area (Å²) in [5.41, 5.74) is 3.65. The predicted octanol–water partition coefficient (Wildman–Crippen LogP) is 2.45. The minimum absolute atomic E-state index is 0. The Hall–Kier alpha value is -1.38. The Bertz CT molecular complexity index is 566. The molecular weight excluding hydrogens is 340 g/mol. The van der Waals surface area contributed by atoms with Crippen molar-refractivity contribution in [2.45, 2.75) is 25.2 Å². The number of nitrogens with zero attached hydrogens (tertiary/aromatic N) is 1. The van der Waals surface area contributed by atoms with Crippen molar-refractivity contribution in [3.8, 4) is 0 Å². The maximum atomic E-state index is 14.0. The van der Waals surface area contributed by atoms with Gasteiger partial charge in [0, 0.05) is 19.1 Å². The Morgan fingerprint density at radius 2 is 2.09 bits per heavy atom. The van der Waals surface area contributed by atoms with E-state index in [1.54, 1.807) is 6.92 Å². The van der Waals surface area contributed by atoms with E-state index in [4.69, 9.17) is 10.5 Å². The van der Waals surface area contributed by atoms with Gasteiger partial charge >= 0.3 is 6.18 Å². The van der Waals surface area contributed by atoms with Crippen LogP contribution in [0.2, 0.25) is 0 Å². The molecule has 0 saturated carbocycles. The van der Waals surface area contributed by atoms with Gasteiger partial charge in [-0.15, -0.1) is 12.4 Å².